The van der Waals surface area contributed by atoms with Gasteiger partial charge in [-0.15, -0.1) is 5.16 Å². The molecule has 0 bridgehead atoms. The lowest BCUT2D eigenvalue weighted by Crippen LogP contribution is -2.16. The number of rotatable bonds is 1. The van der Waals surface area contributed by atoms with E-state index in [2.05, 4.69) is 12.1 Å². The average Bonchev–Trinajstić information content (AvgIpc) is 2.15. The van der Waals surface area contributed by atoms with Crippen molar-refractivity contribution in [3.8, 4) is 0 Å². The fourth-order valence-electron chi connectivity index (χ4n) is 1.80. The van der Waals surface area contributed by atoms with Gasteiger partial charge in [-0.25, -0.2) is 0 Å². The van der Waals surface area contributed by atoms with Crippen molar-refractivity contribution in [3.05, 3.63) is 0 Å². The van der Waals surface area contributed by atoms with Crippen LogP contribution in [-0.2, 0) is 0 Å². The normalized spacial score (nSPS) is 25.2. The maximum absolute atomic E-state index is 8.44. The highest BCUT2D eigenvalue weighted by atomic mass is 16.4. The lowest BCUT2D eigenvalue weighted by molar-refractivity contribution is 0.306. The second kappa shape index (κ2) is 3.74. The topological polar surface area (TPSA) is 32.6 Å². The van der Waals surface area contributed by atoms with Crippen LogP contribution >= 0.6 is 0 Å². The lowest BCUT2D eigenvalue weighted by Gasteiger charge is -2.21. The van der Waals surface area contributed by atoms with Gasteiger partial charge in [-0.2, -0.15) is 0 Å². The van der Waals surface area contributed by atoms with E-state index in [4.69, 9.17) is 5.21 Å². The zero-order chi connectivity index (χ0) is 8.16. The summed E-state index contributed by atoms with van der Waals surface area (Å²) in [5.41, 5.74) is 0.172. The van der Waals surface area contributed by atoms with Crippen molar-refractivity contribution in [2.75, 3.05) is 0 Å². The molecule has 0 spiro atoms. The number of hydrogen-bond donors (Lipinski definition) is 1. The van der Waals surface area contributed by atoms with E-state index in [1.807, 2.05) is 0 Å². The molecule has 0 saturated heterocycles. The summed E-state index contributed by atoms with van der Waals surface area (Å²) in [6.07, 6.45) is 9.31. The predicted molar refractivity (Wildman–Crippen MR) is 46.1 cm³/mol. The fraction of sp³-hybridized carbons (Fsp3) is 0.889. The lowest BCUT2D eigenvalue weighted by atomic mass is 9.84. The monoisotopic (exact) mass is 155 g/mol. The number of oxime groups is 1. The molecular formula is C9H17NO. The maximum Gasteiger partial charge on any atom is 0.0494 e. The molecule has 1 fully saturated rings. The molecule has 0 amide bonds. The summed E-state index contributed by atoms with van der Waals surface area (Å²) in [6, 6.07) is 0. The standard InChI is InChI=1S/C9H17NO/c1-9(8-10-11)6-4-2-3-5-7-9/h8,11H,2-7H2,1H3/b10-8+. The van der Waals surface area contributed by atoms with Gasteiger partial charge in [0.25, 0.3) is 0 Å². The summed E-state index contributed by atoms with van der Waals surface area (Å²) >= 11 is 0. The summed E-state index contributed by atoms with van der Waals surface area (Å²) in [7, 11) is 0. The van der Waals surface area contributed by atoms with Crippen molar-refractivity contribution in [1.82, 2.24) is 0 Å². The van der Waals surface area contributed by atoms with Crippen LogP contribution in [0, 0.1) is 5.41 Å². The highest BCUT2D eigenvalue weighted by molar-refractivity contribution is 5.64. The highest BCUT2D eigenvalue weighted by Gasteiger charge is 2.23. The second-order valence-electron chi connectivity index (χ2n) is 3.81. The van der Waals surface area contributed by atoms with Crippen molar-refractivity contribution < 1.29 is 5.21 Å². The first-order valence-corrected chi connectivity index (χ1v) is 4.45. The van der Waals surface area contributed by atoms with Gasteiger partial charge in [-0.3, -0.25) is 0 Å². The SMILES string of the molecule is CC1(/C=N/O)CCCCCC1. The average molecular weight is 155 g/mol. The number of hydrogen-bond acceptors (Lipinski definition) is 2. The van der Waals surface area contributed by atoms with Gasteiger partial charge in [0.15, 0.2) is 0 Å². The van der Waals surface area contributed by atoms with Crippen molar-refractivity contribution in [2.45, 2.75) is 45.4 Å². The zero-order valence-corrected chi connectivity index (χ0v) is 7.21. The molecule has 1 rings (SSSR count). The number of nitrogens with zero attached hydrogens (tertiary/aromatic N) is 1. The molecule has 0 heterocycles. The van der Waals surface area contributed by atoms with Gasteiger partial charge in [0.1, 0.15) is 0 Å². The van der Waals surface area contributed by atoms with Crippen LogP contribution < -0.4 is 0 Å². The largest absolute Gasteiger partial charge is 0.411 e. The predicted octanol–water partition coefficient (Wildman–Crippen LogP) is 2.81. The van der Waals surface area contributed by atoms with Crippen LogP contribution in [0.15, 0.2) is 5.16 Å². The van der Waals surface area contributed by atoms with E-state index in [-0.39, 0.29) is 5.41 Å². The van der Waals surface area contributed by atoms with Crippen LogP contribution in [0.1, 0.15) is 45.4 Å². The van der Waals surface area contributed by atoms with Gasteiger partial charge in [-0.05, 0) is 12.8 Å². The van der Waals surface area contributed by atoms with Gasteiger partial charge in [0.2, 0.25) is 0 Å². The van der Waals surface area contributed by atoms with Crippen molar-refractivity contribution in [1.29, 1.82) is 0 Å². The summed E-state index contributed by atoms with van der Waals surface area (Å²) in [4.78, 5) is 0. The molecule has 1 aliphatic rings. The molecule has 11 heavy (non-hydrogen) atoms. The summed E-state index contributed by atoms with van der Waals surface area (Å²) in [6.45, 7) is 2.18. The Morgan fingerprint density at radius 1 is 1.18 bits per heavy atom. The molecule has 0 radical (unpaired) electrons. The Labute approximate surface area is 68.3 Å². The Morgan fingerprint density at radius 3 is 2.18 bits per heavy atom. The van der Waals surface area contributed by atoms with Crippen molar-refractivity contribution in [2.24, 2.45) is 10.6 Å². The zero-order valence-electron chi connectivity index (χ0n) is 7.21. The maximum atomic E-state index is 8.44. The van der Waals surface area contributed by atoms with E-state index in [0.717, 1.165) is 0 Å². The van der Waals surface area contributed by atoms with Crippen LogP contribution in [0.4, 0.5) is 0 Å². The first-order valence-electron chi connectivity index (χ1n) is 4.45. The molecule has 64 valence electrons. The highest BCUT2D eigenvalue weighted by Crippen LogP contribution is 2.32. The Balaban J connectivity index is 2.51. The fourth-order valence-corrected chi connectivity index (χ4v) is 1.80. The Kier molecular flexibility index (Phi) is 2.92. The van der Waals surface area contributed by atoms with Gasteiger partial charge in [0, 0.05) is 11.6 Å². The molecule has 0 aromatic heterocycles. The second-order valence-corrected chi connectivity index (χ2v) is 3.81. The van der Waals surface area contributed by atoms with Gasteiger partial charge in [-0.1, -0.05) is 32.6 Å². The van der Waals surface area contributed by atoms with E-state index in [9.17, 15) is 0 Å². The molecule has 1 saturated carbocycles. The minimum Gasteiger partial charge on any atom is -0.411 e. The molecule has 1 aliphatic carbocycles. The third kappa shape index (κ3) is 2.52. The van der Waals surface area contributed by atoms with Crippen LogP contribution in [0.25, 0.3) is 0 Å². The third-order valence-corrected chi connectivity index (χ3v) is 2.62. The van der Waals surface area contributed by atoms with E-state index in [1.165, 1.54) is 38.5 Å². The minimum atomic E-state index is 0.172. The quantitative estimate of drug-likeness (QED) is 0.268. The Bertz CT molecular complexity index is 134. The molecule has 2 nitrogen and oxygen atoms in total. The van der Waals surface area contributed by atoms with E-state index in [1.54, 1.807) is 6.21 Å². The molecule has 1 N–H and O–H groups in total. The van der Waals surface area contributed by atoms with E-state index in [0.29, 0.717) is 0 Å². The van der Waals surface area contributed by atoms with Crippen LogP contribution in [0.5, 0.6) is 0 Å². The van der Waals surface area contributed by atoms with E-state index >= 15 is 0 Å². The molecule has 0 aromatic carbocycles. The molecule has 0 atom stereocenters. The summed E-state index contributed by atoms with van der Waals surface area (Å²) < 4.78 is 0. The van der Waals surface area contributed by atoms with Gasteiger partial charge >= 0.3 is 0 Å². The summed E-state index contributed by atoms with van der Waals surface area (Å²) in [5.74, 6) is 0. The first-order chi connectivity index (χ1) is 5.27. The molecular weight excluding hydrogens is 138 g/mol. The molecule has 0 unspecified atom stereocenters. The van der Waals surface area contributed by atoms with Gasteiger partial charge < -0.3 is 5.21 Å². The minimum absolute atomic E-state index is 0.172. The van der Waals surface area contributed by atoms with Crippen LogP contribution in [-0.4, -0.2) is 11.4 Å². The first kappa shape index (κ1) is 8.57. The summed E-state index contributed by atoms with van der Waals surface area (Å²) in [5, 5.41) is 11.6. The smallest absolute Gasteiger partial charge is 0.0494 e. The van der Waals surface area contributed by atoms with Crippen LogP contribution in [0.3, 0.4) is 0 Å². The van der Waals surface area contributed by atoms with Gasteiger partial charge in [0.05, 0.1) is 0 Å². The Hall–Kier alpha value is -0.530. The van der Waals surface area contributed by atoms with E-state index < -0.39 is 0 Å². The van der Waals surface area contributed by atoms with Crippen molar-refractivity contribution in [3.63, 3.8) is 0 Å². The third-order valence-electron chi connectivity index (χ3n) is 2.62. The molecule has 2 heteroatoms. The van der Waals surface area contributed by atoms with Crippen LogP contribution in [0.2, 0.25) is 0 Å². The van der Waals surface area contributed by atoms with Crippen molar-refractivity contribution >= 4 is 6.21 Å². The molecule has 0 aromatic rings. The Morgan fingerprint density at radius 2 is 1.73 bits per heavy atom. The molecule has 0 aliphatic heterocycles.